The van der Waals surface area contributed by atoms with E-state index in [1.807, 2.05) is 4.90 Å². The lowest BCUT2D eigenvalue weighted by atomic mass is 9.81. The largest absolute Gasteiger partial charge is 0.465 e. The Kier molecular flexibility index (Phi) is 7.83. The fraction of sp³-hybridized carbons (Fsp3) is 0.393. The second-order valence-corrected chi connectivity index (χ2v) is 10.3. The van der Waals surface area contributed by atoms with Crippen LogP contribution in [0.5, 0.6) is 0 Å². The zero-order valence-corrected chi connectivity index (χ0v) is 22.3. The topological polar surface area (TPSA) is 131 Å². The molecule has 3 aromatic rings. The average molecular weight is 553 g/mol. The Bertz CT molecular complexity index is 1410. The van der Waals surface area contributed by atoms with Gasteiger partial charge in [0.25, 0.3) is 5.91 Å². The van der Waals surface area contributed by atoms with E-state index in [2.05, 4.69) is 15.6 Å². The second kappa shape index (κ2) is 11.4. The van der Waals surface area contributed by atoms with Crippen LogP contribution in [0.25, 0.3) is 11.0 Å². The van der Waals surface area contributed by atoms with Gasteiger partial charge in [-0.1, -0.05) is 11.6 Å². The highest BCUT2D eigenvalue weighted by Crippen LogP contribution is 2.36. The average Bonchev–Trinajstić information content (AvgIpc) is 3.62. The molecule has 3 heterocycles. The normalized spacial score (nSPS) is 19.1. The van der Waals surface area contributed by atoms with E-state index in [0.29, 0.717) is 41.7 Å². The van der Waals surface area contributed by atoms with Gasteiger partial charge in [-0.3, -0.25) is 14.4 Å². The number of hydrogen-bond acceptors (Lipinski definition) is 7. The van der Waals surface area contributed by atoms with Crippen LogP contribution in [-0.4, -0.2) is 53.8 Å². The van der Waals surface area contributed by atoms with Crippen LogP contribution in [0, 0.1) is 11.8 Å². The van der Waals surface area contributed by atoms with E-state index in [1.165, 1.54) is 25.4 Å². The number of fused-ring (bicyclic) bond motifs is 1. The molecule has 0 bridgehead atoms. The van der Waals surface area contributed by atoms with Crippen LogP contribution in [0.3, 0.4) is 0 Å². The number of hydrogen-bond donors (Lipinski definition) is 2. The molecule has 11 heteroatoms. The number of rotatable bonds is 6. The molecule has 0 radical (unpaired) electrons. The molecule has 2 aromatic heterocycles. The summed E-state index contributed by atoms with van der Waals surface area (Å²) in [6.07, 6.45) is 5.90. The minimum Gasteiger partial charge on any atom is -0.465 e. The van der Waals surface area contributed by atoms with Gasteiger partial charge >= 0.3 is 5.97 Å². The summed E-state index contributed by atoms with van der Waals surface area (Å²) in [4.78, 5) is 57.6. The van der Waals surface area contributed by atoms with Gasteiger partial charge in [0.2, 0.25) is 17.6 Å². The molecule has 0 spiro atoms. The molecule has 1 aromatic carbocycles. The van der Waals surface area contributed by atoms with Crippen molar-refractivity contribution in [1.82, 2.24) is 9.88 Å². The summed E-state index contributed by atoms with van der Waals surface area (Å²) in [5.41, 5.74) is 0.711. The first-order chi connectivity index (χ1) is 18.8. The Balaban J connectivity index is 1.37. The van der Waals surface area contributed by atoms with Crippen molar-refractivity contribution in [2.75, 3.05) is 30.8 Å². The molecule has 10 nitrogen and oxygen atoms in total. The van der Waals surface area contributed by atoms with Crippen molar-refractivity contribution >= 4 is 57.8 Å². The van der Waals surface area contributed by atoms with Crippen molar-refractivity contribution in [3.63, 3.8) is 0 Å². The second-order valence-electron chi connectivity index (χ2n) is 9.89. The van der Waals surface area contributed by atoms with Crippen LogP contribution in [0.4, 0.5) is 11.5 Å². The number of pyridine rings is 1. The van der Waals surface area contributed by atoms with E-state index in [1.54, 1.807) is 18.2 Å². The molecule has 2 N–H and O–H groups in total. The van der Waals surface area contributed by atoms with Gasteiger partial charge in [0.05, 0.1) is 17.7 Å². The maximum atomic E-state index is 13.4. The van der Waals surface area contributed by atoms with Crippen molar-refractivity contribution in [3.05, 3.63) is 52.9 Å². The van der Waals surface area contributed by atoms with Gasteiger partial charge in [0.1, 0.15) is 17.1 Å². The molecular weight excluding hydrogens is 524 g/mol. The SMILES string of the molecule is COC(=O)c1ccc2oc(C(=O)Nc3ccc(Cl)cn3)c(NC(=O)C3CCC(C(=O)N4CCCC4)CC3)c2c1. The molecule has 5 rings (SSSR count). The predicted octanol–water partition coefficient (Wildman–Crippen LogP) is 4.89. The molecule has 1 saturated heterocycles. The Morgan fingerprint density at radius 3 is 2.38 bits per heavy atom. The number of carbonyl (C=O) groups is 4. The summed E-state index contributed by atoms with van der Waals surface area (Å²) < 4.78 is 10.7. The van der Waals surface area contributed by atoms with Crippen LogP contribution < -0.4 is 10.6 Å². The van der Waals surface area contributed by atoms with Crippen LogP contribution in [0.15, 0.2) is 40.9 Å². The summed E-state index contributed by atoms with van der Waals surface area (Å²) in [6, 6.07) is 7.70. The number of anilines is 2. The number of nitrogens with zero attached hydrogens (tertiary/aromatic N) is 2. The standard InChI is InChI=1S/C28H29ClN4O6/c1-38-28(37)18-8-10-21-20(14-18)23(24(39-21)26(35)31-22-11-9-19(29)15-30-22)32-25(34)16-4-6-17(7-5-16)27(36)33-12-2-3-13-33/h8-11,14-17H,2-7,12-13H2,1H3,(H,32,34)(H,30,31,35). The minimum absolute atomic E-state index is 0.0577. The molecule has 1 saturated carbocycles. The van der Waals surface area contributed by atoms with E-state index >= 15 is 0 Å². The molecule has 3 amide bonds. The molecule has 0 atom stereocenters. The van der Waals surface area contributed by atoms with E-state index in [0.717, 1.165) is 25.9 Å². The maximum absolute atomic E-state index is 13.4. The lowest BCUT2D eigenvalue weighted by Crippen LogP contribution is -2.37. The molecule has 39 heavy (non-hydrogen) atoms. The molecule has 0 unspecified atom stereocenters. The van der Waals surface area contributed by atoms with Gasteiger partial charge in [-0.05, 0) is 68.9 Å². The van der Waals surface area contributed by atoms with Gasteiger partial charge in [-0.25, -0.2) is 9.78 Å². The summed E-state index contributed by atoms with van der Waals surface area (Å²) in [7, 11) is 1.27. The molecule has 204 valence electrons. The first-order valence-corrected chi connectivity index (χ1v) is 13.4. The van der Waals surface area contributed by atoms with Crippen molar-refractivity contribution in [3.8, 4) is 0 Å². The number of methoxy groups -OCH3 is 1. The monoisotopic (exact) mass is 552 g/mol. The summed E-state index contributed by atoms with van der Waals surface area (Å²) >= 11 is 5.89. The first-order valence-electron chi connectivity index (χ1n) is 13.0. The number of nitrogens with one attached hydrogen (secondary N) is 2. The number of likely N-dealkylation sites (tertiary alicyclic amines) is 1. The lowest BCUT2D eigenvalue weighted by Gasteiger charge is -2.29. The van der Waals surface area contributed by atoms with Crippen LogP contribution in [0.2, 0.25) is 5.02 Å². The van der Waals surface area contributed by atoms with Crippen molar-refractivity contribution in [2.24, 2.45) is 11.8 Å². The van der Waals surface area contributed by atoms with E-state index < -0.39 is 11.9 Å². The molecule has 1 aliphatic carbocycles. The molecule has 2 fully saturated rings. The van der Waals surface area contributed by atoms with Crippen LogP contribution in [0.1, 0.15) is 59.4 Å². The number of carbonyl (C=O) groups excluding carboxylic acids is 4. The van der Waals surface area contributed by atoms with E-state index in [4.69, 9.17) is 20.8 Å². The number of halogens is 1. The van der Waals surface area contributed by atoms with Crippen molar-refractivity contribution in [2.45, 2.75) is 38.5 Å². The summed E-state index contributed by atoms with van der Waals surface area (Å²) in [5, 5.41) is 6.33. The Labute approximate surface area is 230 Å². The third kappa shape index (κ3) is 5.75. The highest BCUT2D eigenvalue weighted by atomic mass is 35.5. The van der Waals surface area contributed by atoms with Gasteiger partial charge < -0.3 is 24.7 Å². The fourth-order valence-electron chi connectivity index (χ4n) is 5.27. The number of furan rings is 1. The van der Waals surface area contributed by atoms with Gasteiger partial charge in [0.15, 0.2) is 0 Å². The first kappa shape index (κ1) is 26.7. The third-order valence-electron chi connectivity index (χ3n) is 7.40. The Hall–Kier alpha value is -3.92. The fourth-order valence-corrected chi connectivity index (χ4v) is 5.38. The number of amides is 3. The summed E-state index contributed by atoms with van der Waals surface area (Å²) in [6.45, 7) is 1.63. The molecule has 1 aliphatic heterocycles. The predicted molar refractivity (Wildman–Crippen MR) is 145 cm³/mol. The number of benzene rings is 1. The lowest BCUT2D eigenvalue weighted by molar-refractivity contribution is -0.136. The summed E-state index contributed by atoms with van der Waals surface area (Å²) in [5.74, 6) is -1.53. The van der Waals surface area contributed by atoms with E-state index in [9.17, 15) is 19.2 Å². The smallest absolute Gasteiger partial charge is 0.337 e. The maximum Gasteiger partial charge on any atom is 0.337 e. The molecule has 2 aliphatic rings. The Morgan fingerprint density at radius 1 is 1.00 bits per heavy atom. The highest BCUT2D eigenvalue weighted by Gasteiger charge is 2.34. The zero-order valence-electron chi connectivity index (χ0n) is 21.5. The van der Waals surface area contributed by atoms with Crippen molar-refractivity contribution in [1.29, 1.82) is 0 Å². The van der Waals surface area contributed by atoms with Gasteiger partial charge in [0, 0.05) is 36.5 Å². The third-order valence-corrected chi connectivity index (χ3v) is 7.62. The van der Waals surface area contributed by atoms with Crippen molar-refractivity contribution < 1.29 is 28.3 Å². The number of esters is 1. The van der Waals surface area contributed by atoms with Crippen LogP contribution >= 0.6 is 11.6 Å². The highest BCUT2D eigenvalue weighted by molar-refractivity contribution is 6.30. The molecular formula is C28H29ClN4O6. The van der Waals surface area contributed by atoms with Gasteiger partial charge in [-0.15, -0.1) is 0 Å². The minimum atomic E-state index is -0.629. The zero-order chi connectivity index (χ0) is 27.5. The van der Waals surface area contributed by atoms with Crippen LogP contribution in [-0.2, 0) is 14.3 Å². The number of ether oxygens (including phenoxy) is 1. The Morgan fingerprint density at radius 2 is 1.72 bits per heavy atom. The van der Waals surface area contributed by atoms with E-state index in [-0.39, 0.29) is 46.5 Å². The van der Waals surface area contributed by atoms with Gasteiger partial charge in [-0.2, -0.15) is 0 Å². The quantitative estimate of drug-likeness (QED) is 0.416. The number of aromatic nitrogens is 1.